The topological polar surface area (TPSA) is 32.7 Å². The zero-order valence-electron chi connectivity index (χ0n) is 10.9. The molecule has 0 spiro atoms. The van der Waals surface area contributed by atoms with Gasteiger partial charge in [0, 0.05) is 24.1 Å². The van der Waals surface area contributed by atoms with Crippen LogP contribution >= 0.6 is 15.9 Å². The first-order valence-electron chi connectivity index (χ1n) is 6.33. The smallest absolute Gasteiger partial charge is 0.119 e. The SMILES string of the molecule is COc1ccc(Br)c(CN2CCC(O)C(C)C2)c1. The summed E-state index contributed by atoms with van der Waals surface area (Å²) >= 11 is 3.58. The summed E-state index contributed by atoms with van der Waals surface area (Å²) in [4.78, 5) is 2.39. The van der Waals surface area contributed by atoms with Gasteiger partial charge in [-0.05, 0) is 36.1 Å². The predicted octanol–water partition coefficient (Wildman–Crippen LogP) is 2.66. The van der Waals surface area contributed by atoms with Crippen LogP contribution in [0.3, 0.4) is 0 Å². The third kappa shape index (κ3) is 3.25. The van der Waals surface area contributed by atoms with Crippen molar-refractivity contribution >= 4 is 15.9 Å². The number of nitrogens with zero attached hydrogens (tertiary/aromatic N) is 1. The fourth-order valence-corrected chi connectivity index (χ4v) is 2.78. The van der Waals surface area contributed by atoms with Crippen molar-refractivity contribution < 1.29 is 9.84 Å². The monoisotopic (exact) mass is 313 g/mol. The highest BCUT2D eigenvalue weighted by Gasteiger charge is 2.24. The summed E-state index contributed by atoms with van der Waals surface area (Å²) in [6, 6.07) is 6.05. The Morgan fingerprint density at radius 1 is 1.50 bits per heavy atom. The molecular formula is C14H20BrNO2. The highest BCUT2D eigenvalue weighted by Crippen LogP contribution is 2.26. The average molecular weight is 314 g/mol. The molecule has 0 bridgehead atoms. The molecule has 1 aromatic rings. The minimum Gasteiger partial charge on any atom is -0.497 e. The summed E-state index contributed by atoms with van der Waals surface area (Å²) in [7, 11) is 1.69. The van der Waals surface area contributed by atoms with Crippen LogP contribution in [-0.4, -0.2) is 36.3 Å². The molecule has 4 heteroatoms. The third-order valence-corrected chi connectivity index (χ3v) is 4.36. The molecule has 0 aliphatic carbocycles. The van der Waals surface area contributed by atoms with Crippen LogP contribution in [0.25, 0.3) is 0 Å². The molecule has 2 rings (SSSR count). The molecule has 1 fully saturated rings. The fraction of sp³-hybridized carbons (Fsp3) is 0.571. The number of likely N-dealkylation sites (tertiary alicyclic amines) is 1. The Morgan fingerprint density at radius 3 is 2.94 bits per heavy atom. The van der Waals surface area contributed by atoms with Crippen LogP contribution in [0.2, 0.25) is 0 Å². The number of aliphatic hydroxyl groups excluding tert-OH is 1. The Bertz CT molecular complexity index is 411. The van der Waals surface area contributed by atoms with Crippen molar-refractivity contribution in [1.82, 2.24) is 4.90 Å². The molecule has 18 heavy (non-hydrogen) atoms. The van der Waals surface area contributed by atoms with Gasteiger partial charge in [0.25, 0.3) is 0 Å². The highest BCUT2D eigenvalue weighted by molar-refractivity contribution is 9.10. The number of hydrogen-bond donors (Lipinski definition) is 1. The largest absolute Gasteiger partial charge is 0.497 e. The van der Waals surface area contributed by atoms with Gasteiger partial charge in [-0.15, -0.1) is 0 Å². The molecule has 1 aliphatic heterocycles. The van der Waals surface area contributed by atoms with Crippen molar-refractivity contribution in [1.29, 1.82) is 0 Å². The van der Waals surface area contributed by atoms with Crippen LogP contribution in [0.5, 0.6) is 5.75 Å². The molecule has 1 aliphatic rings. The predicted molar refractivity (Wildman–Crippen MR) is 75.8 cm³/mol. The number of piperidine rings is 1. The second-order valence-corrected chi connectivity index (χ2v) is 5.88. The van der Waals surface area contributed by atoms with Crippen molar-refractivity contribution in [2.75, 3.05) is 20.2 Å². The van der Waals surface area contributed by atoms with Crippen LogP contribution in [0.15, 0.2) is 22.7 Å². The van der Waals surface area contributed by atoms with Gasteiger partial charge >= 0.3 is 0 Å². The van der Waals surface area contributed by atoms with Gasteiger partial charge in [-0.3, -0.25) is 4.90 Å². The van der Waals surface area contributed by atoms with Crippen molar-refractivity contribution in [3.8, 4) is 5.75 Å². The minimum absolute atomic E-state index is 0.144. The van der Waals surface area contributed by atoms with E-state index in [1.54, 1.807) is 7.11 Å². The summed E-state index contributed by atoms with van der Waals surface area (Å²) in [6.45, 7) is 4.91. The van der Waals surface area contributed by atoms with E-state index in [1.807, 2.05) is 12.1 Å². The molecule has 0 radical (unpaired) electrons. The Hall–Kier alpha value is -0.580. The molecule has 0 aromatic heterocycles. The van der Waals surface area contributed by atoms with Gasteiger partial charge in [0.15, 0.2) is 0 Å². The first-order valence-corrected chi connectivity index (χ1v) is 7.12. The standard InChI is InChI=1S/C14H20BrNO2/c1-10-8-16(6-5-14(10)17)9-11-7-12(18-2)3-4-13(11)15/h3-4,7,10,14,17H,5-6,8-9H2,1-2H3. The summed E-state index contributed by atoms with van der Waals surface area (Å²) in [5.74, 6) is 1.24. The summed E-state index contributed by atoms with van der Waals surface area (Å²) < 4.78 is 6.37. The van der Waals surface area contributed by atoms with Crippen molar-refractivity contribution in [2.45, 2.75) is 26.0 Å². The van der Waals surface area contributed by atoms with Crippen LogP contribution in [0, 0.1) is 5.92 Å². The fourth-order valence-electron chi connectivity index (χ4n) is 2.40. The molecule has 100 valence electrons. The quantitative estimate of drug-likeness (QED) is 0.931. The second-order valence-electron chi connectivity index (χ2n) is 5.03. The Labute approximate surface area is 117 Å². The van der Waals surface area contributed by atoms with E-state index in [9.17, 15) is 5.11 Å². The number of benzene rings is 1. The Kier molecular flexibility index (Phi) is 4.65. The van der Waals surface area contributed by atoms with E-state index >= 15 is 0 Å². The number of methoxy groups -OCH3 is 1. The number of halogens is 1. The first kappa shape index (κ1) is 13.8. The van der Waals surface area contributed by atoms with Crippen LogP contribution in [0.4, 0.5) is 0 Å². The van der Waals surface area contributed by atoms with E-state index in [0.717, 1.165) is 36.3 Å². The lowest BCUT2D eigenvalue weighted by atomic mass is 9.96. The molecule has 1 aromatic carbocycles. The molecule has 0 saturated carbocycles. The number of hydrogen-bond acceptors (Lipinski definition) is 3. The molecule has 1 heterocycles. The highest BCUT2D eigenvalue weighted by atomic mass is 79.9. The van der Waals surface area contributed by atoms with Gasteiger partial charge in [-0.1, -0.05) is 22.9 Å². The number of aliphatic hydroxyl groups is 1. The van der Waals surface area contributed by atoms with Gasteiger partial charge < -0.3 is 9.84 Å². The van der Waals surface area contributed by atoms with Crippen LogP contribution in [-0.2, 0) is 6.54 Å². The summed E-state index contributed by atoms with van der Waals surface area (Å²) in [5, 5.41) is 9.74. The lowest BCUT2D eigenvalue weighted by Crippen LogP contribution is -2.41. The van der Waals surface area contributed by atoms with Gasteiger partial charge in [0.05, 0.1) is 13.2 Å². The number of rotatable bonds is 3. The van der Waals surface area contributed by atoms with Crippen molar-refractivity contribution in [3.63, 3.8) is 0 Å². The van der Waals surface area contributed by atoms with E-state index in [1.165, 1.54) is 5.56 Å². The van der Waals surface area contributed by atoms with Crippen LogP contribution < -0.4 is 4.74 Å². The van der Waals surface area contributed by atoms with Crippen LogP contribution in [0.1, 0.15) is 18.9 Å². The summed E-state index contributed by atoms with van der Waals surface area (Å²) in [6.07, 6.45) is 0.720. The second kappa shape index (κ2) is 6.04. The van der Waals surface area contributed by atoms with E-state index in [4.69, 9.17) is 4.74 Å². The van der Waals surface area contributed by atoms with Gasteiger partial charge in [-0.2, -0.15) is 0 Å². The zero-order valence-corrected chi connectivity index (χ0v) is 12.5. The van der Waals surface area contributed by atoms with E-state index in [2.05, 4.69) is 33.8 Å². The molecule has 2 unspecified atom stereocenters. The third-order valence-electron chi connectivity index (χ3n) is 3.59. The lowest BCUT2D eigenvalue weighted by molar-refractivity contribution is 0.0319. The molecule has 0 amide bonds. The van der Waals surface area contributed by atoms with Crippen molar-refractivity contribution in [2.24, 2.45) is 5.92 Å². The Morgan fingerprint density at radius 2 is 2.28 bits per heavy atom. The van der Waals surface area contributed by atoms with Gasteiger partial charge in [0.1, 0.15) is 5.75 Å². The molecule has 3 nitrogen and oxygen atoms in total. The average Bonchev–Trinajstić information content (AvgIpc) is 2.36. The molecule has 1 N–H and O–H groups in total. The molecule has 2 atom stereocenters. The maximum Gasteiger partial charge on any atom is 0.119 e. The maximum atomic E-state index is 9.74. The number of ether oxygens (including phenoxy) is 1. The molecular weight excluding hydrogens is 294 g/mol. The maximum absolute atomic E-state index is 9.74. The summed E-state index contributed by atoms with van der Waals surface area (Å²) in [5.41, 5.74) is 1.23. The van der Waals surface area contributed by atoms with Crippen molar-refractivity contribution in [3.05, 3.63) is 28.2 Å². The van der Waals surface area contributed by atoms with E-state index in [-0.39, 0.29) is 6.10 Å². The lowest BCUT2D eigenvalue weighted by Gasteiger charge is -2.34. The first-order chi connectivity index (χ1) is 8.60. The van der Waals surface area contributed by atoms with E-state index in [0.29, 0.717) is 5.92 Å². The normalized spacial score (nSPS) is 25.1. The molecule has 1 saturated heterocycles. The van der Waals surface area contributed by atoms with Gasteiger partial charge in [-0.25, -0.2) is 0 Å². The van der Waals surface area contributed by atoms with E-state index < -0.39 is 0 Å². The van der Waals surface area contributed by atoms with Gasteiger partial charge in [0.2, 0.25) is 0 Å². The Balaban J connectivity index is 2.05. The zero-order chi connectivity index (χ0) is 13.1. The minimum atomic E-state index is -0.144.